The zero-order chi connectivity index (χ0) is 19.6. The van der Waals surface area contributed by atoms with Crippen LogP contribution in [-0.2, 0) is 4.74 Å². The third-order valence-electron chi connectivity index (χ3n) is 3.54. The van der Waals surface area contributed by atoms with Gasteiger partial charge in [0.25, 0.3) is 5.91 Å². The topological polar surface area (TPSA) is 87.2 Å². The van der Waals surface area contributed by atoms with E-state index in [0.717, 1.165) is 17.0 Å². The van der Waals surface area contributed by atoms with E-state index in [-0.39, 0.29) is 25.2 Å². The van der Waals surface area contributed by atoms with Crippen LogP contribution in [0.2, 0.25) is 0 Å². The summed E-state index contributed by atoms with van der Waals surface area (Å²) in [6.07, 6.45) is 6.97. The van der Waals surface area contributed by atoms with Gasteiger partial charge in [-0.15, -0.1) is 0 Å². The van der Waals surface area contributed by atoms with Crippen molar-refractivity contribution in [1.82, 2.24) is 15.5 Å². The Morgan fingerprint density at radius 2 is 2.22 bits per heavy atom. The molecular formula is C21H25N3O3. The van der Waals surface area contributed by atoms with Crippen LogP contribution in [0, 0.1) is 0 Å². The average Bonchev–Trinajstić information content (AvgIpc) is 3.13. The molecule has 0 saturated carbocycles. The number of hydrogen-bond donors (Lipinski definition) is 3. The van der Waals surface area contributed by atoms with Crippen LogP contribution in [0.15, 0.2) is 60.9 Å². The number of ether oxygens (including phenoxy) is 1. The summed E-state index contributed by atoms with van der Waals surface area (Å²) in [5.41, 5.74) is 3.01. The number of carbonyl (C=O) groups excluding carboxylic acids is 1. The number of aromatic amines is 1. The third-order valence-corrected chi connectivity index (χ3v) is 3.54. The minimum absolute atomic E-state index is 0.0486. The van der Waals surface area contributed by atoms with Gasteiger partial charge in [0.15, 0.2) is 0 Å². The van der Waals surface area contributed by atoms with Crippen molar-refractivity contribution < 1.29 is 14.6 Å². The zero-order valence-corrected chi connectivity index (χ0v) is 15.6. The van der Waals surface area contributed by atoms with Crippen molar-refractivity contribution in [2.45, 2.75) is 19.9 Å². The molecule has 0 spiro atoms. The number of carbonyl (C=O) groups is 1. The molecular weight excluding hydrogens is 342 g/mol. The first-order valence-corrected chi connectivity index (χ1v) is 8.74. The number of nitrogens with zero attached hydrogens (tertiary/aromatic N) is 1. The van der Waals surface area contributed by atoms with E-state index in [1.807, 2.05) is 44.2 Å². The van der Waals surface area contributed by atoms with Gasteiger partial charge in [-0.05, 0) is 50.3 Å². The van der Waals surface area contributed by atoms with E-state index >= 15 is 0 Å². The number of allylic oxidation sites excluding steroid dienone is 3. The molecule has 1 aromatic heterocycles. The highest BCUT2D eigenvalue weighted by Gasteiger charge is 2.09. The summed E-state index contributed by atoms with van der Waals surface area (Å²) in [7, 11) is 0. The second-order valence-corrected chi connectivity index (χ2v) is 6.12. The minimum atomic E-state index is -0.104. The largest absolute Gasteiger partial charge is 0.491 e. The molecule has 0 aliphatic heterocycles. The summed E-state index contributed by atoms with van der Waals surface area (Å²) in [4.78, 5) is 12.2. The Hall–Kier alpha value is -3.12. The molecule has 0 aliphatic rings. The van der Waals surface area contributed by atoms with Crippen LogP contribution in [0.5, 0.6) is 0 Å². The summed E-state index contributed by atoms with van der Waals surface area (Å²) >= 11 is 0. The number of hydrogen-bond acceptors (Lipinski definition) is 4. The second kappa shape index (κ2) is 10.1. The smallest absolute Gasteiger partial charge is 0.251 e. The summed E-state index contributed by atoms with van der Waals surface area (Å²) in [6.45, 7) is 7.69. The Morgan fingerprint density at radius 1 is 1.41 bits per heavy atom. The molecule has 0 atom stereocenters. The first-order chi connectivity index (χ1) is 13.0. The van der Waals surface area contributed by atoms with Gasteiger partial charge in [-0.3, -0.25) is 9.89 Å². The van der Waals surface area contributed by atoms with Crippen LogP contribution in [0.1, 0.15) is 29.9 Å². The van der Waals surface area contributed by atoms with Crippen molar-refractivity contribution in [3.8, 4) is 11.3 Å². The SMILES string of the molecule is C=CC(=CC=Cc1cc(-c2cccc(C(=O)NC(C)C)c2)n[nH]1)OCCO. The number of nitrogens with one attached hydrogen (secondary N) is 2. The fraction of sp³-hybridized carbons (Fsp3) is 0.238. The van der Waals surface area contributed by atoms with Crippen molar-refractivity contribution in [3.05, 3.63) is 72.2 Å². The van der Waals surface area contributed by atoms with Gasteiger partial charge in [-0.25, -0.2) is 0 Å². The summed E-state index contributed by atoms with van der Waals surface area (Å²) < 4.78 is 5.29. The van der Waals surface area contributed by atoms with Crippen LogP contribution in [0.25, 0.3) is 17.3 Å². The number of rotatable bonds is 9. The molecule has 0 bridgehead atoms. The predicted molar refractivity (Wildman–Crippen MR) is 107 cm³/mol. The van der Waals surface area contributed by atoms with E-state index in [9.17, 15) is 4.79 Å². The number of benzene rings is 1. The van der Waals surface area contributed by atoms with Crippen LogP contribution in [0.4, 0.5) is 0 Å². The number of aliphatic hydroxyl groups is 1. The second-order valence-electron chi connectivity index (χ2n) is 6.12. The molecule has 6 heteroatoms. The molecule has 142 valence electrons. The van der Waals surface area contributed by atoms with E-state index in [2.05, 4.69) is 22.1 Å². The summed E-state index contributed by atoms with van der Waals surface area (Å²) in [5.74, 6) is 0.469. The lowest BCUT2D eigenvalue weighted by Crippen LogP contribution is -2.30. The Bertz CT molecular complexity index is 835. The lowest BCUT2D eigenvalue weighted by Gasteiger charge is -2.08. The Kier molecular flexibility index (Phi) is 7.58. The van der Waals surface area contributed by atoms with Gasteiger partial charge in [-0.2, -0.15) is 5.10 Å². The predicted octanol–water partition coefficient (Wildman–Crippen LogP) is 3.31. The number of H-pyrrole nitrogens is 1. The molecule has 3 N–H and O–H groups in total. The van der Waals surface area contributed by atoms with E-state index < -0.39 is 0 Å². The molecule has 2 rings (SSSR count). The van der Waals surface area contributed by atoms with Crippen LogP contribution >= 0.6 is 0 Å². The van der Waals surface area contributed by atoms with Crippen LogP contribution in [0.3, 0.4) is 0 Å². The van der Waals surface area contributed by atoms with Crippen molar-refractivity contribution in [3.63, 3.8) is 0 Å². The van der Waals surface area contributed by atoms with E-state index in [1.54, 1.807) is 24.3 Å². The molecule has 2 aromatic rings. The fourth-order valence-corrected chi connectivity index (χ4v) is 2.32. The number of aliphatic hydroxyl groups excluding tert-OH is 1. The average molecular weight is 367 g/mol. The molecule has 0 radical (unpaired) electrons. The molecule has 1 heterocycles. The lowest BCUT2D eigenvalue weighted by atomic mass is 10.1. The van der Waals surface area contributed by atoms with Gasteiger partial charge < -0.3 is 15.2 Å². The first kappa shape index (κ1) is 20.2. The Labute approximate surface area is 159 Å². The quantitative estimate of drug-likeness (QED) is 0.469. The summed E-state index contributed by atoms with van der Waals surface area (Å²) in [6, 6.07) is 9.33. The Morgan fingerprint density at radius 3 is 2.93 bits per heavy atom. The lowest BCUT2D eigenvalue weighted by molar-refractivity contribution is 0.0943. The van der Waals surface area contributed by atoms with Crippen molar-refractivity contribution in [2.75, 3.05) is 13.2 Å². The van der Waals surface area contributed by atoms with Crippen molar-refractivity contribution in [2.24, 2.45) is 0 Å². The normalized spacial score (nSPS) is 11.8. The van der Waals surface area contributed by atoms with E-state index in [1.165, 1.54) is 0 Å². The molecule has 0 fully saturated rings. The van der Waals surface area contributed by atoms with Gasteiger partial charge in [0.05, 0.1) is 18.0 Å². The molecule has 1 amide bonds. The highest BCUT2D eigenvalue weighted by atomic mass is 16.5. The summed E-state index contributed by atoms with van der Waals surface area (Å²) in [5, 5.41) is 18.9. The van der Waals surface area contributed by atoms with E-state index in [4.69, 9.17) is 9.84 Å². The van der Waals surface area contributed by atoms with Crippen LogP contribution < -0.4 is 5.32 Å². The van der Waals surface area contributed by atoms with Crippen molar-refractivity contribution in [1.29, 1.82) is 0 Å². The van der Waals surface area contributed by atoms with Gasteiger partial charge >= 0.3 is 0 Å². The molecule has 0 aliphatic carbocycles. The fourth-order valence-electron chi connectivity index (χ4n) is 2.32. The number of aromatic nitrogens is 2. The zero-order valence-electron chi connectivity index (χ0n) is 15.6. The maximum Gasteiger partial charge on any atom is 0.251 e. The molecule has 1 aromatic carbocycles. The molecule has 0 saturated heterocycles. The highest BCUT2D eigenvalue weighted by molar-refractivity contribution is 5.95. The first-order valence-electron chi connectivity index (χ1n) is 8.74. The van der Waals surface area contributed by atoms with Gasteiger partial charge in [0.2, 0.25) is 0 Å². The maximum atomic E-state index is 12.2. The maximum absolute atomic E-state index is 12.2. The third kappa shape index (κ3) is 6.27. The molecule has 6 nitrogen and oxygen atoms in total. The van der Waals surface area contributed by atoms with Gasteiger partial charge in [0.1, 0.15) is 12.4 Å². The number of amides is 1. The highest BCUT2D eigenvalue weighted by Crippen LogP contribution is 2.20. The van der Waals surface area contributed by atoms with Gasteiger partial charge in [-0.1, -0.05) is 24.8 Å². The molecule has 27 heavy (non-hydrogen) atoms. The van der Waals surface area contributed by atoms with Crippen LogP contribution in [-0.4, -0.2) is 40.5 Å². The van der Waals surface area contributed by atoms with Gasteiger partial charge in [0, 0.05) is 17.2 Å². The molecule has 0 unspecified atom stereocenters. The minimum Gasteiger partial charge on any atom is -0.491 e. The monoisotopic (exact) mass is 367 g/mol. The van der Waals surface area contributed by atoms with Crippen molar-refractivity contribution >= 4 is 12.0 Å². The van der Waals surface area contributed by atoms with E-state index in [0.29, 0.717) is 11.3 Å². The standard InChI is InChI=1S/C21H25N3O3/c1-4-19(27-12-11-25)10-6-9-18-14-20(24-23-18)16-7-5-8-17(13-16)21(26)22-15(2)3/h4-10,13-15,25H,1,11-12H2,2-3H3,(H,22,26)(H,23,24). The Balaban J connectivity index is 2.11.